The second kappa shape index (κ2) is 9.20. The summed E-state index contributed by atoms with van der Waals surface area (Å²) < 4.78 is 5.47. The number of nitrogens with zero attached hydrogens (tertiary/aromatic N) is 2. The van der Waals surface area contributed by atoms with Crippen LogP contribution in [0.1, 0.15) is 28.3 Å². The molecule has 0 radical (unpaired) electrons. The molecule has 0 saturated carbocycles. The first-order valence-electron chi connectivity index (χ1n) is 10.0. The smallest absolute Gasteiger partial charge is 0.407 e. The molecule has 1 N–H and O–H groups in total. The van der Waals surface area contributed by atoms with Crippen LogP contribution in [0, 0.1) is 17.0 Å². The van der Waals surface area contributed by atoms with Crippen molar-refractivity contribution in [3.8, 4) is 11.1 Å². The molecule has 7 nitrogen and oxygen atoms in total. The Hall–Kier alpha value is -3.71. The lowest BCUT2D eigenvalue weighted by Crippen LogP contribution is -2.26. The van der Waals surface area contributed by atoms with Crippen LogP contribution in [0.2, 0.25) is 5.15 Å². The fourth-order valence-electron chi connectivity index (χ4n) is 3.86. The molecule has 8 heteroatoms. The van der Waals surface area contributed by atoms with Crippen LogP contribution in [0.5, 0.6) is 0 Å². The molecule has 0 saturated heterocycles. The fourth-order valence-corrected chi connectivity index (χ4v) is 4.10. The molecule has 1 aromatic heterocycles. The predicted molar refractivity (Wildman–Crippen MR) is 123 cm³/mol. The predicted octanol–water partition coefficient (Wildman–Crippen LogP) is 5.50. The van der Waals surface area contributed by atoms with Gasteiger partial charge in [-0.05, 0) is 29.2 Å². The summed E-state index contributed by atoms with van der Waals surface area (Å²) in [4.78, 5) is 26.7. The number of alkyl carbamates (subject to hydrolysis) is 1. The molecule has 0 fully saturated rings. The van der Waals surface area contributed by atoms with Gasteiger partial charge in [0.05, 0.1) is 4.92 Å². The Bertz CT molecular complexity index is 1180. The molecule has 1 amide bonds. The minimum Gasteiger partial charge on any atom is -0.449 e. The number of aryl methyl sites for hydroxylation is 1. The Kier molecular flexibility index (Phi) is 6.18. The Morgan fingerprint density at radius 3 is 2.44 bits per heavy atom. The zero-order valence-electron chi connectivity index (χ0n) is 17.2. The van der Waals surface area contributed by atoms with E-state index in [0.29, 0.717) is 5.56 Å². The van der Waals surface area contributed by atoms with Gasteiger partial charge in [0.1, 0.15) is 17.5 Å². The molecule has 4 rings (SSSR count). The van der Waals surface area contributed by atoms with Crippen LogP contribution in [0.3, 0.4) is 0 Å². The summed E-state index contributed by atoms with van der Waals surface area (Å²) in [7, 11) is 0. The molecule has 1 heterocycles. The third-order valence-electron chi connectivity index (χ3n) is 5.37. The third kappa shape index (κ3) is 4.33. The van der Waals surface area contributed by atoms with Crippen molar-refractivity contribution in [2.24, 2.45) is 0 Å². The molecule has 0 atom stereocenters. The van der Waals surface area contributed by atoms with Gasteiger partial charge in [0.15, 0.2) is 0 Å². The molecular weight excluding hydrogens is 430 g/mol. The molecule has 0 bridgehead atoms. The third-order valence-corrected chi connectivity index (χ3v) is 5.67. The van der Waals surface area contributed by atoms with E-state index in [1.54, 1.807) is 12.2 Å². The summed E-state index contributed by atoms with van der Waals surface area (Å²) >= 11 is 6.06. The summed E-state index contributed by atoms with van der Waals surface area (Å²) in [6.07, 6.45) is 2.66. The van der Waals surface area contributed by atoms with Gasteiger partial charge in [-0.25, -0.2) is 9.78 Å². The van der Waals surface area contributed by atoms with E-state index in [-0.39, 0.29) is 35.6 Å². The number of aromatic nitrogens is 1. The van der Waals surface area contributed by atoms with E-state index in [1.165, 1.54) is 13.0 Å². The number of nitro groups is 1. The first-order chi connectivity index (χ1) is 15.5. The molecule has 0 aliphatic heterocycles. The molecule has 3 aromatic rings. The number of pyridine rings is 1. The van der Waals surface area contributed by atoms with E-state index >= 15 is 0 Å². The Morgan fingerprint density at radius 1 is 1.19 bits per heavy atom. The van der Waals surface area contributed by atoms with Gasteiger partial charge < -0.3 is 10.1 Å². The lowest BCUT2D eigenvalue weighted by molar-refractivity contribution is -0.385. The molecule has 0 spiro atoms. The largest absolute Gasteiger partial charge is 0.449 e. The molecule has 0 unspecified atom stereocenters. The number of benzene rings is 2. The van der Waals surface area contributed by atoms with E-state index in [9.17, 15) is 14.9 Å². The topological polar surface area (TPSA) is 94.4 Å². The van der Waals surface area contributed by atoms with E-state index in [0.717, 1.165) is 22.3 Å². The standard InChI is InChI=1S/C24H20ClN3O4/c1-15-22(28(30)31)13-16(23(25)27-15)7-6-12-26-24(29)32-14-21-19-10-4-2-8-17(19)18-9-3-5-11-20(18)21/h2-11,13,21H,12,14H2,1H3,(H,26,29). The van der Waals surface area contributed by atoms with Crippen molar-refractivity contribution in [1.82, 2.24) is 10.3 Å². The number of hydrogen-bond acceptors (Lipinski definition) is 5. The minimum atomic E-state index is -0.546. The van der Waals surface area contributed by atoms with Crippen LogP contribution in [0.25, 0.3) is 17.2 Å². The monoisotopic (exact) mass is 449 g/mol. The quantitative estimate of drug-likeness (QED) is 0.304. The molecule has 1 aliphatic carbocycles. The lowest BCUT2D eigenvalue weighted by atomic mass is 9.98. The zero-order valence-corrected chi connectivity index (χ0v) is 18.0. The summed E-state index contributed by atoms with van der Waals surface area (Å²) in [6.45, 7) is 1.92. The van der Waals surface area contributed by atoms with Gasteiger partial charge in [-0.1, -0.05) is 72.3 Å². The minimum absolute atomic E-state index is 0.0123. The maximum absolute atomic E-state index is 12.2. The number of nitrogens with one attached hydrogen (secondary N) is 1. The van der Waals surface area contributed by atoms with E-state index in [1.807, 2.05) is 24.3 Å². The van der Waals surface area contributed by atoms with Crippen molar-refractivity contribution in [1.29, 1.82) is 0 Å². The van der Waals surface area contributed by atoms with Crippen LogP contribution in [-0.2, 0) is 4.74 Å². The highest BCUT2D eigenvalue weighted by molar-refractivity contribution is 6.30. The van der Waals surface area contributed by atoms with Gasteiger partial charge in [0.2, 0.25) is 0 Å². The Morgan fingerprint density at radius 2 is 1.81 bits per heavy atom. The Labute approximate surface area is 189 Å². The van der Waals surface area contributed by atoms with Gasteiger partial charge in [-0.15, -0.1) is 0 Å². The molecule has 32 heavy (non-hydrogen) atoms. The average molecular weight is 450 g/mol. The van der Waals surface area contributed by atoms with Crippen LogP contribution in [0.15, 0.2) is 60.7 Å². The molecule has 162 valence electrons. The number of carbonyl (C=O) groups excluding carboxylic acids is 1. The van der Waals surface area contributed by atoms with Gasteiger partial charge >= 0.3 is 6.09 Å². The number of halogens is 1. The maximum atomic E-state index is 12.2. The summed E-state index contributed by atoms with van der Waals surface area (Å²) in [5.41, 5.74) is 5.15. The van der Waals surface area contributed by atoms with Crippen molar-refractivity contribution in [3.05, 3.63) is 98.3 Å². The van der Waals surface area contributed by atoms with Crippen LogP contribution in [-0.4, -0.2) is 29.2 Å². The lowest BCUT2D eigenvalue weighted by Gasteiger charge is -2.14. The summed E-state index contributed by atoms with van der Waals surface area (Å²) in [6, 6.07) is 17.6. The molecule has 1 aliphatic rings. The van der Waals surface area contributed by atoms with Crippen LogP contribution < -0.4 is 5.32 Å². The van der Waals surface area contributed by atoms with Crippen molar-refractivity contribution in [2.75, 3.05) is 13.2 Å². The number of amides is 1. The van der Waals surface area contributed by atoms with E-state index in [4.69, 9.17) is 16.3 Å². The first kappa shape index (κ1) is 21.5. The van der Waals surface area contributed by atoms with Crippen molar-refractivity contribution >= 4 is 29.5 Å². The highest BCUT2D eigenvalue weighted by Gasteiger charge is 2.28. The van der Waals surface area contributed by atoms with Crippen LogP contribution >= 0.6 is 11.6 Å². The van der Waals surface area contributed by atoms with Gasteiger partial charge in [0.25, 0.3) is 5.69 Å². The van der Waals surface area contributed by atoms with Crippen molar-refractivity contribution in [2.45, 2.75) is 12.8 Å². The zero-order chi connectivity index (χ0) is 22.7. The average Bonchev–Trinajstić information content (AvgIpc) is 3.10. The number of rotatable bonds is 6. The van der Waals surface area contributed by atoms with Gasteiger partial charge in [0, 0.05) is 24.1 Å². The number of ether oxygens (including phenoxy) is 1. The second-order valence-electron chi connectivity index (χ2n) is 7.34. The highest BCUT2D eigenvalue weighted by Crippen LogP contribution is 2.44. The normalized spacial score (nSPS) is 12.4. The summed E-state index contributed by atoms with van der Waals surface area (Å²) in [5.74, 6) is -0.0123. The SMILES string of the molecule is Cc1nc(Cl)c(C=CCNC(=O)OCC2c3ccccc3-c3ccccc32)cc1[N+](=O)[O-]. The van der Waals surface area contributed by atoms with Gasteiger partial charge in [-0.2, -0.15) is 0 Å². The van der Waals surface area contributed by atoms with Gasteiger partial charge in [-0.3, -0.25) is 10.1 Å². The number of hydrogen-bond donors (Lipinski definition) is 1. The van der Waals surface area contributed by atoms with Crippen LogP contribution in [0.4, 0.5) is 10.5 Å². The maximum Gasteiger partial charge on any atom is 0.407 e. The molecule has 2 aromatic carbocycles. The number of carbonyl (C=O) groups is 1. The van der Waals surface area contributed by atoms with Crippen molar-refractivity contribution < 1.29 is 14.5 Å². The fraction of sp³-hybridized carbons (Fsp3) is 0.167. The highest BCUT2D eigenvalue weighted by atomic mass is 35.5. The summed E-state index contributed by atoms with van der Waals surface area (Å²) in [5, 5.41) is 13.9. The molecular formula is C24H20ClN3O4. The van der Waals surface area contributed by atoms with Crippen molar-refractivity contribution in [3.63, 3.8) is 0 Å². The van der Waals surface area contributed by atoms with E-state index < -0.39 is 11.0 Å². The second-order valence-corrected chi connectivity index (χ2v) is 7.70. The van der Waals surface area contributed by atoms with E-state index in [2.05, 4.69) is 34.6 Å². The first-order valence-corrected chi connectivity index (χ1v) is 10.4. The number of fused-ring (bicyclic) bond motifs is 3. The Balaban J connectivity index is 1.35.